The monoisotopic (exact) mass is 382 g/mol. The summed E-state index contributed by atoms with van der Waals surface area (Å²) in [4.78, 5) is 7.79. The average Bonchev–Trinajstić information content (AvgIpc) is 3.27. The molecule has 0 spiro atoms. The van der Waals surface area contributed by atoms with Crippen molar-refractivity contribution in [3.63, 3.8) is 0 Å². The summed E-state index contributed by atoms with van der Waals surface area (Å²) in [6.45, 7) is 6.74. The van der Waals surface area contributed by atoms with Crippen molar-refractivity contribution in [2.45, 2.75) is 20.8 Å². The van der Waals surface area contributed by atoms with Crippen LogP contribution in [0.4, 0.5) is 0 Å². The Morgan fingerprint density at radius 1 is 1.17 bits per heavy atom. The van der Waals surface area contributed by atoms with Crippen molar-refractivity contribution in [3.05, 3.63) is 77.4 Å². The molecule has 144 valence electrons. The van der Waals surface area contributed by atoms with Crippen molar-refractivity contribution in [1.29, 1.82) is 5.26 Å². The summed E-state index contributed by atoms with van der Waals surface area (Å²) >= 11 is 0. The number of para-hydroxylation sites is 2. The third-order valence-corrected chi connectivity index (χ3v) is 4.94. The molecule has 0 unspecified atom stereocenters. The van der Waals surface area contributed by atoms with Gasteiger partial charge in [0.2, 0.25) is 0 Å². The lowest BCUT2D eigenvalue weighted by Gasteiger charge is -2.11. The minimum absolute atomic E-state index is 0.508. The van der Waals surface area contributed by atoms with Gasteiger partial charge < -0.3 is 14.3 Å². The molecule has 0 radical (unpaired) electrons. The van der Waals surface area contributed by atoms with Crippen molar-refractivity contribution in [2.75, 3.05) is 6.61 Å². The van der Waals surface area contributed by atoms with Crippen LogP contribution >= 0.6 is 0 Å². The van der Waals surface area contributed by atoms with E-state index in [-0.39, 0.29) is 0 Å². The van der Waals surface area contributed by atoms with Crippen LogP contribution < -0.4 is 4.74 Å². The van der Waals surface area contributed by atoms with E-state index in [4.69, 9.17) is 4.74 Å². The number of nitriles is 1. The molecule has 2 aromatic carbocycles. The number of fused-ring (bicyclic) bond motifs is 1. The van der Waals surface area contributed by atoms with E-state index in [0.29, 0.717) is 18.0 Å². The minimum atomic E-state index is 0.508. The maximum Gasteiger partial charge on any atom is 0.149 e. The molecule has 0 bridgehead atoms. The van der Waals surface area contributed by atoms with Crippen LogP contribution in [-0.4, -0.2) is 21.1 Å². The van der Waals surface area contributed by atoms with Crippen LogP contribution in [0.5, 0.6) is 5.75 Å². The van der Waals surface area contributed by atoms with Crippen molar-refractivity contribution in [2.24, 2.45) is 0 Å². The van der Waals surface area contributed by atoms with Crippen LogP contribution in [-0.2, 0) is 0 Å². The van der Waals surface area contributed by atoms with E-state index in [0.717, 1.165) is 39.4 Å². The highest BCUT2D eigenvalue weighted by molar-refractivity contribution is 5.90. The molecule has 4 rings (SSSR count). The second-order valence-corrected chi connectivity index (χ2v) is 6.86. The van der Waals surface area contributed by atoms with Crippen LogP contribution in [0.25, 0.3) is 28.4 Å². The molecule has 0 saturated carbocycles. The van der Waals surface area contributed by atoms with Gasteiger partial charge in [-0.2, -0.15) is 5.26 Å². The van der Waals surface area contributed by atoms with Gasteiger partial charge >= 0.3 is 0 Å². The first-order valence-electron chi connectivity index (χ1n) is 9.59. The highest BCUT2D eigenvalue weighted by Crippen LogP contribution is 2.26. The fourth-order valence-corrected chi connectivity index (χ4v) is 3.58. The predicted molar refractivity (Wildman–Crippen MR) is 116 cm³/mol. The molecule has 5 heteroatoms. The fraction of sp³-hybridized carbons (Fsp3) is 0.167. The number of nitrogens with zero attached hydrogens (tertiary/aromatic N) is 3. The maximum atomic E-state index is 9.73. The molecule has 4 aromatic rings. The number of aromatic nitrogens is 3. The quantitative estimate of drug-likeness (QED) is 0.468. The molecule has 29 heavy (non-hydrogen) atoms. The standard InChI is InChI=1S/C24H22N4O/c1-4-29-21-11-9-20(10-12-21)28-16(2)13-18(17(28)3)14-19(15-25)24-26-22-7-5-6-8-23(22)27-24/h5-14H,4H2,1-3H3,(H,26,27). The molecular weight excluding hydrogens is 360 g/mol. The van der Waals surface area contributed by atoms with Gasteiger partial charge in [-0.1, -0.05) is 12.1 Å². The lowest BCUT2D eigenvalue weighted by atomic mass is 10.1. The molecule has 0 aliphatic carbocycles. The summed E-state index contributed by atoms with van der Waals surface area (Å²) in [5, 5.41) is 9.73. The van der Waals surface area contributed by atoms with Gasteiger partial charge in [-0.15, -0.1) is 0 Å². The normalized spacial score (nSPS) is 11.6. The first kappa shape index (κ1) is 18.6. The predicted octanol–water partition coefficient (Wildman–Crippen LogP) is 5.43. The van der Waals surface area contributed by atoms with Gasteiger partial charge in [-0.25, -0.2) is 4.98 Å². The molecule has 2 aromatic heterocycles. The van der Waals surface area contributed by atoms with Crippen LogP contribution in [0.15, 0.2) is 54.6 Å². The summed E-state index contributed by atoms with van der Waals surface area (Å²) in [5.74, 6) is 1.44. The number of hydrogen-bond donors (Lipinski definition) is 1. The van der Waals surface area contributed by atoms with Gasteiger partial charge in [0.1, 0.15) is 17.6 Å². The van der Waals surface area contributed by atoms with Gasteiger partial charge in [0, 0.05) is 17.1 Å². The summed E-state index contributed by atoms with van der Waals surface area (Å²) in [5.41, 5.74) is 6.49. The summed E-state index contributed by atoms with van der Waals surface area (Å²) in [6, 6.07) is 20.2. The van der Waals surface area contributed by atoms with Gasteiger partial charge in [0.25, 0.3) is 0 Å². The maximum absolute atomic E-state index is 9.73. The SMILES string of the molecule is CCOc1ccc(-n2c(C)cc(C=C(C#N)c3nc4ccccc4[nH]3)c2C)cc1. The lowest BCUT2D eigenvalue weighted by Crippen LogP contribution is -1.99. The van der Waals surface area contributed by atoms with E-state index in [1.54, 1.807) is 0 Å². The number of imidazole rings is 1. The van der Waals surface area contributed by atoms with E-state index in [1.165, 1.54) is 0 Å². The number of ether oxygens (including phenoxy) is 1. The third-order valence-electron chi connectivity index (χ3n) is 4.94. The Hall–Kier alpha value is -3.78. The molecule has 0 fully saturated rings. The Morgan fingerprint density at radius 3 is 2.62 bits per heavy atom. The topological polar surface area (TPSA) is 66.6 Å². The first-order chi connectivity index (χ1) is 14.1. The van der Waals surface area contributed by atoms with Crippen molar-refractivity contribution >= 4 is 22.7 Å². The van der Waals surface area contributed by atoms with Crippen LogP contribution in [0, 0.1) is 25.2 Å². The number of benzene rings is 2. The smallest absolute Gasteiger partial charge is 0.149 e. The summed E-state index contributed by atoms with van der Waals surface area (Å²) in [6.07, 6.45) is 1.89. The molecule has 0 atom stereocenters. The van der Waals surface area contributed by atoms with Crippen molar-refractivity contribution < 1.29 is 4.74 Å². The molecular formula is C24H22N4O. The molecule has 2 heterocycles. The zero-order chi connectivity index (χ0) is 20.4. The second-order valence-electron chi connectivity index (χ2n) is 6.86. The fourth-order valence-electron chi connectivity index (χ4n) is 3.58. The molecule has 0 aliphatic heterocycles. The Kier molecular flexibility index (Phi) is 4.92. The number of allylic oxidation sites excluding steroid dienone is 1. The Morgan fingerprint density at radius 2 is 1.93 bits per heavy atom. The van der Waals surface area contributed by atoms with Crippen molar-refractivity contribution in [3.8, 4) is 17.5 Å². The average molecular weight is 382 g/mol. The Bertz CT molecular complexity index is 1200. The highest BCUT2D eigenvalue weighted by atomic mass is 16.5. The highest BCUT2D eigenvalue weighted by Gasteiger charge is 2.13. The Labute approximate surface area is 169 Å². The third kappa shape index (κ3) is 3.53. The van der Waals surface area contributed by atoms with Crippen molar-refractivity contribution in [1.82, 2.24) is 14.5 Å². The number of aromatic amines is 1. The minimum Gasteiger partial charge on any atom is -0.494 e. The van der Waals surface area contributed by atoms with Gasteiger partial charge in [-0.3, -0.25) is 0 Å². The zero-order valence-corrected chi connectivity index (χ0v) is 16.7. The molecule has 5 nitrogen and oxygen atoms in total. The zero-order valence-electron chi connectivity index (χ0n) is 16.7. The second kappa shape index (κ2) is 7.69. The summed E-state index contributed by atoms with van der Waals surface area (Å²) in [7, 11) is 0. The number of H-pyrrole nitrogens is 1. The van der Waals surface area contributed by atoms with Gasteiger partial charge in [0.15, 0.2) is 0 Å². The van der Waals surface area contributed by atoms with E-state index in [1.807, 2.05) is 61.5 Å². The molecule has 0 amide bonds. The van der Waals surface area contributed by atoms with E-state index >= 15 is 0 Å². The first-order valence-corrected chi connectivity index (χ1v) is 9.59. The Balaban J connectivity index is 1.73. The van der Waals surface area contributed by atoms with Crippen LogP contribution in [0.3, 0.4) is 0 Å². The van der Waals surface area contributed by atoms with Crippen LogP contribution in [0.1, 0.15) is 29.7 Å². The van der Waals surface area contributed by atoms with E-state index in [2.05, 4.69) is 40.5 Å². The molecule has 0 aliphatic rings. The number of nitrogens with one attached hydrogen (secondary N) is 1. The number of rotatable bonds is 5. The van der Waals surface area contributed by atoms with E-state index < -0.39 is 0 Å². The summed E-state index contributed by atoms with van der Waals surface area (Å²) < 4.78 is 7.71. The lowest BCUT2D eigenvalue weighted by molar-refractivity contribution is 0.340. The number of hydrogen-bond acceptors (Lipinski definition) is 3. The van der Waals surface area contributed by atoms with E-state index in [9.17, 15) is 5.26 Å². The van der Waals surface area contributed by atoms with Gasteiger partial charge in [-0.05, 0) is 74.9 Å². The van der Waals surface area contributed by atoms with Gasteiger partial charge in [0.05, 0.1) is 23.2 Å². The molecule has 1 N–H and O–H groups in total. The largest absolute Gasteiger partial charge is 0.494 e. The molecule has 0 saturated heterocycles. The van der Waals surface area contributed by atoms with Crippen LogP contribution in [0.2, 0.25) is 0 Å². The number of aryl methyl sites for hydroxylation is 1.